The number of hydrogen-bond donors (Lipinski definition) is 2. The first-order valence-electron chi connectivity index (χ1n) is 5.34. The average molecular weight is 221 g/mol. The zero-order valence-corrected chi connectivity index (χ0v) is 9.40. The van der Waals surface area contributed by atoms with Gasteiger partial charge in [0.15, 0.2) is 5.65 Å². The van der Waals surface area contributed by atoms with Gasteiger partial charge < -0.3 is 5.32 Å². The van der Waals surface area contributed by atoms with Gasteiger partial charge in [0, 0.05) is 18.8 Å². The van der Waals surface area contributed by atoms with E-state index >= 15 is 0 Å². The molecule has 0 bridgehead atoms. The number of rotatable bonds is 4. The zero-order valence-electron chi connectivity index (χ0n) is 9.40. The van der Waals surface area contributed by atoms with Gasteiger partial charge in [-0.2, -0.15) is 5.10 Å². The van der Waals surface area contributed by atoms with Gasteiger partial charge in [-0.05, 0) is 12.3 Å². The molecule has 0 fully saturated rings. The summed E-state index contributed by atoms with van der Waals surface area (Å²) >= 11 is 0. The number of fused-ring (bicyclic) bond motifs is 1. The molecular weight excluding hydrogens is 206 g/mol. The van der Waals surface area contributed by atoms with Crippen molar-refractivity contribution in [1.82, 2.24) is 19.6 Å². The Kier molecular flexibility index (Phi) is 2.89. The topological polar surface area (TPSA) is 75.1 Å². The molecule has 0 aromatic carbocycles. The number of aromatic nitrogens is 4. The van der Waals surface area contributed by atoms with Gasteiger partial charge in [-0.1, -0.05) is 13.8 Å². The molecule has 0 saturated carbocycles. The second-order valence-electron chi connectivity index (χ2n) is 4.10. The van der Waals surface area contributed by atoms with Crippen LogP contribution < -0.4 is 11.0 Å². The Balaban J connectivity index is 2.23. The predicted molar refractivity (Wildman–Crippen MR) is 61.6 cm³/mol. The summed E-state index contributed by atoms with van der Waals surface area (Å²) in [5.74, 6) is 1.16. The van der Waals surface area contributed by atoms with Crippen molar-refractivity contribution in [3.8, 4) is 0 Å². The molecule has 0 aliphatic rings. The highest BCUT2D eigenvalue weighted by molar-refractivity contribution is 5.43. The monoisotopic (exact) mass is 221 g/mol. The van der Waals surface area contributed by atoms with E-state index in [2.05, 4.69) is 34.3 Å². The smallest absolute Gasteiger partial charge is 0.350 e. The molecule has 0 amide bonds. The molecule has 2 N–H and O–H groups in total. The van der Waals surface area contributed by atoms with Crippen molar-refractivity contribution in [3.05, 3.63) is 22.7 Å². The Bertz CT molecular complexity index is 527. The summed E-state index contributed by atoms with van der Waals surface area (Å²) < 4.78 is 1.43. The summed E-state index contributed by atoms with van der Waals surface area (Å²) in [6.07, 6.45) is 2.66. The highest BCUT2D eigenvalue weighted by atomic mass is 16.1. The number of nitrogens with zero attached hydrogens (tertiary/aromatic N) is 3. The van der Waals surface area contributed by atoms with E-state index < -0.39 is 0 Å². The normalized spacial score (nSPS) is 11.2. The molecule has 0 spiro atoms. The summed E-state index contributed by atoms with van der Waals surface area (Å²) in [6, 6.07) is 1.69. The molecule has 0 saturated heterocycles. The molecule has 0 radical (unpaired) electrons. The molecule has 2 heterocycles. The second-order valence-corrected chi connectivity index (χ2v) is 4.10. The van der Waals surface area contributed by atoms with E-state index in [0.717, 1.165) is 13.0 Å². The first-order valence-corrected chi connectivity index (χ1v) is 5.34. The Morgan fingerprint density at radius 1 is 1.56 bits per heavy atom. The number of anilines is 1. The third-order valence-electron chi connectivity index (χ3n) is 2.34. The van der Waals surface area contributed by atoms with Crippen molar-refractivity contribution in [3.63, 3.8) is 0 Å². The van der Waals surface area contributed by atoms with Crippen LogP contribution in [0.15, 0.2) is 17.1 Å². The molecule has 0 aliphatic heterocycles. The van der Waals surface area contributed by atoms with E-state index in [9.17, 15) is 4.79 Å². The first kappa shape index (κ1) is 10.7. The van der Waals surface area contributed by atoms with Crippen LogP contribution in [0.2, 0.25) is 0 Å². The van der Waals surface area contributed by atoms with E-state index in [4.69, 9.17) is 0 Å². The van der Waals surface area contributed by atoms with Gasteiger partial charge in [0.05, 0.1) is 0 Å². The fourth-order valence-electron chi connectivity index (χ4n) is 1.46. The standard InChI is InChI=1S/C10H15N5O/c1-7(2)3-5-11-9-12-6-4-8-13-14-10(16)15(8)9/h4,6-7H,3,5H2,1-2H3,(H,11,12)(H,14,16). The minimum Gasteiger partial charge on any atom is -0.355 e. The first-order chi connectivity index (χ1) is 7.68. The van der Waals surface area contributed by atoms with E-state index in [1.807, 2.05) is 0 Å². The molecule has 6 heteroatoms. The largest absolute Gasteiger partial charge is 0.355 e. The molecule has 86 valence electrons. The summed E-state index contributed by atoms with van der Waals surface area (Å²) in [4.78, 5) is 15.6. The maximum atomic E-state index is 11.5. The van der Waals surface area contributed by atoms with Gasteiger partial charge in [0.25, 0.3) is 0 Å². The maximum absolute atomic E-state index is 11.5. The van der Waals surface area contributed by atoms with Crippen LogP contribution in [0, 0.1) is 5.92 Å². The maximum Gasteiger partial charge on any atom is 0.350 e. The number of H-pyrrole nitrogens is 1. The van der Waals surface area contributed by atoms with E-state index in [1.165, 1.54) is 4.40 Å². The number of nitrogens with one attached hydrogen (secondary N) is 2. The lowest BCUT2D eigenvalue weighted by atomic mass is 10.1. The van der Waals surface area contributed by atoms with Crippen molar-refractivity contribution in [2.45, 2.75) is 20.3 Å². The van der Waals surface area contributed by atoms with Crippen molar-refractivity contribution >= 4 is 11.6 Å². The fourth-order valence-corrected chi connectivity index (χ4v) is 1.46. The molecule has 0 atom stereocenters. The molecule has 2 aromatic rings. The third-order valence-corrected chi connectivity index (χ3v) is 2.34. The van der Waals surface area contributed by atoms with E-state index in [1.54, 1.807) is 12.3 Å². The average Bonchev–Trinajstić information content (AvgIpc) is 2.61. The molecule has 6 nitrogen and oxygen atoms in total. The zero-order chi connectivity index (χ0) is 11.5. The van der Waals surface area contributed by atoms with Crippen LogP contribution in [-0.2, 0) is 0 Å². The molecule has 0 unspecified atom stereocenters. The summed E-state index contributed by atoms with van der Waals surface area (Å²) in [6.45, 7) is 5.10. The Morgan fingerprint density at radius 3 is 3.12 bits per heavy atom. The quantitative estimate of drug-likeness (QED) is 0.803. The molecule has 2 rings (SSSR count). The Labute approximate surface area is 92.7 Å². The van der Waals surface area contributed by atoms with Crippen molar-refractivity contribution in [1.29, 1.82) is 0 Å². The van der Waals surface area contributed by atoms with E-state index in [0.29, 0.717) is 17.5 Å². The van der Waals surface area contributed by atoms with Gasteiger partial charge >= 0.3 is 5.69 Å². The van der Waals surface area contributed by atoms with Gasteiger partial charge in [-0.25, -0.2) is 19.3 Å². The van der Waals surface area contributed by atoms with Crippen LogP contribution in [0.1, 0.15) is 20.3 Å². The lowest BCUT2D eigenvalue weighted by Gasteiger charge is -2.07. The molecule has 0 aliphatic carbocycles. The molecule has 2 aromatic heterocycles. The number of hydrogen-bond acceptors (Lipinski definition) is 4. The van der Waals surface area contributed by atoms with Crippen molar-refractivity contribution < 1.29 is 0 Å². The Hall–Kier alpha value is -1.85. The van der Waals surface area contributed by atoms with Gasteiger partial charge in [-0.15, -0.1) is 0 Å². The van der Waals surface area contributed by atoms with Crippen LogP contribution in [0.3, 0.4) is 0 Å². The van der Waals surface area contributed by atoms with Gasteiger partial charge in [0.2, 0.25) is 5.95 Å². The van der Waals surface area contributed by atoms with Crippen molar-refractivity contribution in [2.75, 3.05) is 11.9 Å². The second kappa shape index (κ2) is 4.34. The van der Waals surface area contributed by atoms with Gasteiger partial charge in [-0.3, -0.25) is 0 Å². The van der Waals surface area contributed by atoms with Crippen LogP contribution >= 0.6 is 0 Å². The Morgan fingerprint density at radius 2 is 2.38 bits per heavy atom. The highest BCUT2D eigenvalue weighted by Crippen LogP contribution is 2.05. The predicted octanol–water partition coefficient (Wildman–Crippen LogP) is 0.876. The van der Waals surface area contributed by atoms with Crippen LogP contribution in [0.4, 0.5) is 5.95 Å². The summed E-state index contributed by atoms with van der Waals surface area (Å²) in [7, 11) is 0. The summed E-state index contributed by atoms with van der Waals surface area (Å²) in [5.41, 5.74) is 0.308. The highest BCUT2D eigenvalue weighted by Gasteiger charge is 2.05. The lowest BCUT2D eigenvalue weighted by molar-refractivity contribution is 0.605. The van der Waals surface area contributed by atoms with E-state index in [-0.39, 0.29) is 5.69 Å². The molecule has 16 heavy (non-hydrogen) atoms. The van der Waals surface area contributed by atoms with Crippen molar-refractivity contribution in [2.24, 2.45) is 5.92 Å². The minimum absolute atomic E-state index is 0.268. The van der Waals surface area contributed by atoms with Gasteiger partial charge in [0.1, 0.15) is 0 Å². The van der Waals surface area contributed by atoms with Crippen LogP contribution in [-0.4, -0.2) is 26.1 Å². The van der Waals surface area contributed by atoms with Crippen LogP contribution in [0.5, 0.6) is 0 Å². The molecular formula is C10H15N5O. The SMILES string of the molecule is CC(C)CCNc1nccc2n[nH]c(=O)n12. The lowest BCUT2D eigenvalue weighted by Crippen LogP contribution is -2.17. The van der Waals surface area contributed by atoms with Crippen LogP contribution in [0.25, 0.3) is 5.65 Å². The number of aromatic amines is 1. The third kappa shape index (κ3) is 2.05. The minimum atomic E-state index is -0.268. The summed E-state index contributed by atoms with van der Waals surface area (Å²) in [5, 5.41) is 9.40. The fraction of sp³-hybridized carbons (Fsp3) is 0.500.